The van der Waals surface area contributed by atoms with Crippen LogP contribution in [-0.2, 0) is 25.7 Å². The van der Waals surface area contributed by atoms with Crippen molar-refractivity contribution in [1.82, 2.24) is 0 Å². The first-order valence-electron chi connectivity index (χ1n) is 26.8. The standard InChI is InChI=1S/2C33H33FO6.2Na/c2*1-3-11-24-28(15-9-16-29(24)40-30-17-8-14-26(34)32(30)33(36)37)38-18-10-19-39-31-21-27(35)25(20-22(31)4-2)23-12-6-5-7-13-23;;/h2*5-9,12-17,20-21,35H,3-4,10-11,18-19H2,1-2H3,(H,36,37);;/q;;2*+1/p-2. The van der Waals surface area contributed by atoms with Gasteiger partial charge in [0.1, 0.15) is 69.1 Å². The SMILES string of the molecule is CCCc1c(OCCCOc2cc(O)c(-c3ccccc3)cc2CC)cccc1Oc1cccc(F)c1C(=O)[O-].CCCc1c(OCCCOc2cc(O)c(-c3ccccc3)cc2CC)cccc1Oc1cccc(F)c1C(=O)[O-].[Na+].[Na+]. The zero-order valence-electron chi connectivity index (χ0n) is 47.2. The van der Waals surface area contributed by atoms with Crippen LogP contribution in [0, 0.1) is 11.6 Å². The van der Waals surface area contributed by atoms with Crippen molar-refractivity contribution in [3.63, 3.8) is 0 Å². The van der Waals surface area contributed by atoms with Gasteiger partial charge < -0.3 is 58.4 Å². The Morgan fingerprint density at radius 2 is 0.756 bits per heavy atom. The molecule has 0 aromatic heterocycles. The molecule has 0 unspecified atom stereocenters. The number of ether oxygens (including phenoxy) is 6. The average Bonchev–Trinajstić information content (AvgIpc) is 3.53. The molecule has 0 atom stereocenters. The molecule has 0 bridgehead atoms. The van der Waals surface area contributed by atoms with Gasteiger partial charge >= 0.3 is 59.1 Å². The summed E-state index contributed by atoms with van der Waals surface area (Å²) in [6.45, 7) is 9.59. The summed E-state index contributed by atoms with van der Waals surface area (Å²) >= 11 is 0. The minimum Gasteiger partial charge on any atom is -0.545 e. The molecule has 12 nitrogen and oxygen atoms in total. The molecule has 8 aromatic rings. The number of aromatic hydroxyl groups is 2. The first kappa shape index (κ1) is 65.8. The number of halogens is 2. The third-order valence-electron chi connectivity index (χ3n) is 12.9. The number of hydrogen-bond donors (Lipinski definition) is 2. The molecule has 0 saturated carbocycles. The van der Waals surface area contributed by atoms with Crippen LogP contribution in [0.4, 0.5) is 8.78 Å². The summed E-state index contributed by atoms with van der Waals surface area (Å²) in [4.78, 5) is 22.9. The molecule has 0 aliphatic heterocycles. The number of aromatic carboxylic acids is 2. The van der Waals surface area contributed by atoms with Gasteiger partial charge in [-0.1, -0.05) is 125 Å². The first-order chi connectivity index (χ1) is 38.8. The normalized spacial score (nSPS) is 10.5. The van der Waals surface area contributed by atoms with Gasteiger partial charge in [-0.15, -0.1) is 0 Å². The summed E-state index contributed by atoms with van der Waals surface area (Å²) in [5.74, 6) is -1.80. The Hall–Kier alpha value is -7.04. The molecule has 2 N–H and O–H groups in total. The molecule has 0 saturated heterocycles. The molecular weight excluding hydrogens is 1070 g/mol. The predicted molar refractivity (Wildman–Crippen MR) is 300 cm³/mol. The van der Waals surface area contributed by atoms with E-state index in [1.54, 1.807) is 36.4 Å². The van der Waals surface area contributed by atoms with E-state index in [1.165, 1.54) is 24.3 Å². The fourth-order valence-electron chi connectivity index (χ4n) is 8.95. The van der Waals surface area contributed by atoms with Crippen LogP contribution >= 0.6 is 0 Å². The van der Waals surface area contributed by atoms with Crippen molar-refractivity contribution in [2.24, 2.45) is 0 Å². The van der Waals surface area contributed by atoms with E-state index in [2.05, 4.69) is 0 Å². The van der Waals surface area contributed by atoms with Crippen molar-refractivity contribution < 1.29 is 126 Å². The largest absolute Gasteiger partial charge is 1.00 e. The van der Waals surface area contributed by atoms with Gasteiger partial charge in [0.05, 0.1) is 49.5 Å². The van der Waals surface area contributed by atoms with E-state index in [9.17, 15) is 38.8 Å². The van der Waals surface area contributed by atoms with Gasteiger partial charge in [0, 0.05) is 47.2 Å². The van der Waals surface area contributed by atoms with E-state index < -0.39 is 34.7 Å². The summed E-state index contributed by atoms with van der Waals surface area (Å²) in [6, 6.07) is 44.9. The Morgan fingerprint density at radius 1 is 0.427 bits per heavy atom. The van der Waals surface area contributed by atoms with Gasteiger partial charge in [-0.2, -0.15) is 0 Å². The Bertz CT molecular complexity index is 3140. The van der Waals surface area contributed by atoms with E-state index in [-0.39, 0.29) is 82.1 Å². The number of rotatable bonds is 26. The number of carboxylic acids is 2. The molecule has 16 heteroatoms. The zero-order valence-corrected chi connectivity index (χ0v) is 51.2. The van der Waals surface area contributed by atoms with Crippen molar-refractivity contribution in [1.29, 1.82) is 0 Å². The van der Waals surface area contributed by atoms with E-state index in [0.29, 0.717) is 86.6 Å². The van der Waals surface area contributed by atoms with Crippen molar-refractivity contribution >= 4 is 11.9 Å². The molecule has 0 amide bonds. The molecule has 416 valence electrons. The van der Waals surface area contributed by atoms with Crippen LogP contribution < -0.4 is 97.7 Å². The van der Waals surface area contributed by atoms with Crippen LogP contribution in [0.15, 0.2) is 158 Å². The van der Waals surface area contributed by atoms with Crippen LogP contribution in [0.5, 0.6) is 57.5 Å². The quantitative estimate of drug-likeness (QED) is 0.0406. The molecular formula is C66H64F2Na2O12. The second kappa shape index (κ2) is 33.2. The summed E-state index contributed by atoms with van der Waals surface area (Å²) < 4.78 is 64.0. The summed E-state index contributed by atoms with van der Waals surface area (Å²) in [5, 5.41) is 44.2. The number of benzene rings is 8. The molecule has 0 spiro atoms. The number of phenolic OH excluding ortho intramolecular Hbond substituents is 2. The van der Waals surface area contributed by atoms with Gasteiger partial charge in [0.2, 0.25) is 0 Å². The third kappa shape index (κ3) is 17.5. The van der Waals surface area contributed by atoms with E-state index in [4.69, 9.17) is 28.4 Å². The second-order valence-electron chi connectivity index (χ2n) is 18.5. The Balaban J connectivity index is 0.000000293. The third-order valence-corrected chi connectivity index (χ3v) is 12.9. The number of aryl methyl sites for hydroxylation is 2. The van der Waals surface area contributed by atoms with Gasteiger partial charge in [-0.25, -0.2) is 8.78 Å². The number of carbonyl (C=O) groups excluding carboxylic acids is 2. The van der Waals surface area contributed by atoms with Gasteiger partial charge in [0.25, 0.3) is 0 Å². The van der Waals surface area contributed by atoms with Crippen LogP contribution in [0.2, 0.25) is 0 Å². The second-order valence-corrected chi connectivity index (χ2v) is 18.5. The van der Waals surface area contributed by atoms with Crippen LogP contribution in [0.25, 0.3) is 22.3 Å². The van der Waals surface area contributed by atoms with E-state index in [1.807, 2.05) is 113 Å². The zero-order chi connectivity index (χ0) is 57.0. The first-order valence-corrected chi connectivity index (χ1v) is 26.8. The van der Waals surface area contributed by atoms with Crippen LogP contribution in [-0.4, -0.2) is 48.6 Å². The summed E-state index contributed by atoms with van der Waals surface area (Å²) in [6.07, 6.45) is 5.49. The smallest absolute Gasteiger partial charge is 0.545 e. The average molecular weight is 1130 g/mol. The fraction of sp³-hybridized carbons (Fsp3) is 0.242. The number of phenols is 2. The van der Waals surface area contributed by atoms with Gasteiger partial charge in [0.15, 0.2) is 0 Å². The Morgan fingerprint density at radius 3 is 1.10 bits per heavy atom. The minimum atomic E-state index is -1.65. The number of hydrogen-bond acceptors (Lipinski definition) is 12. The molecule has 0 aliphatic carbocycles. The van der Waals surface area contributed by atoms with Crippen molar-refractivity contribution in [3.8, 4) is 79.7 Å². The van der Waals surface area contributed by atoms with Crippen LogP contribution in [0.3, 0.4) is 0 Å². The minimum absolute atomic E-state index is 0. The Labute approximate surface area is 522 Å². The molecule has 0 aliphatic rings. The molecule has 0 heterocycles. The fourth-order valence-corrected chi connectivity index (χ4v) is 8.95. The summed E-state index contributed by atoms with van der Waals surface area (Å²) in [5.41, 5.74) is 5.69. The van der Waals surface area contributed by atoms with Gasteiger partial charge in [-0.05, 0) is 109 Å². The maximum Gasteiger partial charge on any atom is 1.00 e. The summed E-state index contributed by atoms with van der Waals surface area (Å²) in [7, 11) is 0. The molecule has 8 rings (SSSR count). The van der Waals surface area contributed by atoms with E-state index in [0.717, 1.165) is 82.3 Å². The van der Waals surface area contributed by atoms with Crippen LogP contribution in [0.1, 0.15) is 96.3 Å². The Kier molecular flexibility index (Phi) is 26.6. The molecule has 0 fully saturated rings. The predicted octanol–water partition coefficient (Wildman–Crippen LogP) is 7.44. The van der Waals surface area contributed by atoms with Gasteiger partial charge in [-0.3, -0.25) is 0 Å². The van der Waals surface area contributed by atoms with Crippen molar-refractivity contribution in [3.05, 3.63) is 203 Å². The molecule has 0 radical (unpaired) electrons. The maximum atomic E-state index is 14.1. The van der Waals surface area contributed by atoms with Crippen molar-refractivity contribution in [2.45, 2.75) is 79.1 Å². The maximum absolute atomic E-state index is 14.1. The number of carbonyl (C=O) groups is 2. The number of carboxylic acid groups (broad SMARTS) is 2. The molecule has 82 heavy (non-hydrogen) atoms. The topological polar surface area (TPSA) is 176 Å². The van der Waals surface area contributed by atoms with Crippen molar-refractivity contribution in [2.75, 3.05) is 26.4 Å². The molecule has 8 aromatic carbocycles. The van der Waals surface area contributed by atoms with E-state index >= 15 is 0 Å². The monoisotopic (exact) mass is 1130 g/mol.